The maximum atomic E-state index is 13.1. The molecule has 0 atom stereocenters. The van der Waals surface area contributed by atoms with Gasteiger partial charge in [-0.25, -0.2) is 13.2 Å². The van der Waals surface area contributed by atoms with E-state index in [0.29, 0.717) is 11.3 Å². The Bertz CT molecular complexity index is 1550. The molecule has 0 saturated heterocycles. The van der Waals surface area contributed by atoms with Crippen LogP contribution in [0.3, 0.4) is 0 Å². The summed E-state index contributed by atoms with van der Waals surface area (Å²) in [5.41, 5.74) is 0.987. The number of fused-ring (bicyclic) bond motifs is 2. The Labute approximate surface area is 201 Å². The summed E-state index contributed by atoms with van der Waals surface area (Å²) in [6.45, 7) is 1.78. The highest BCUT2D eigenvalue weighted by Gasteiger charge is 2.35. The molecule has 0 fully saturated rings. The molecule has 174 valence electrons. The van der Waals surface area contributed by atoms with E-state index in [1.165, 1.54) is 42.5 Å². The molecule has 1 N–H and O–H groups in total. The van der Waals surface area contributed by atoms with Crippen LogP contribution in [0.4, 0.5) is 5.69 Å². The van der Waals surface area contributed by atoms with Crippen LogP contribution in [0.15, 0.2) is 82.1 Å². The first-order valence-electron chi connectivity index (χ1n) is 10.5. The molecule has 3 aromatic rings. The SMILES string of the molecule is CCOC(=O)/C(C#N)=C\c1ccc(NC(=O)c2ccc3c(c2)S(=O)(=O)c2ccccc2C3=O)cc1. The molecule has 35 heavy (non-hydrogen) atoms. The quantitative estimate of drug-likeness (QED) is 0.258. The van der Waals surface area contributed by atoms with Crippen LogP contribution in [-0.2, 0) is 19.4 Å². The van der Waals surface area contributed by atoms with E-state index in [1.807, 2.05) is 0 Å². The Morgan fingerprint density at radius 2 is 1.69 bits per heavy atom. The zero-order chi connectivity index (χ0) is 25.2. The van der Waals surface area contributed by atoms with Crippen LogP contribution in [0, 0.1) is 11.3 Å². The largest absolute Gasteiger partial charge is 0.462 e. The molecule has 8 nitrogen and oxygen atoms in total. The van der Waals surface area contributed by atoms with Crippen LogP contribution < -0.4 is 5.32 Å². The van der Waals surface area contributed by atoms with E-state index in [2.05, 4.69) is 5.32 Å². The lowest BCUT2D eigenvalue weighted by molar-refractivity contribution is -0.137. The van der Waals surface area contributed by atoms with Crippen molar-refractivity contribution in [2.75, 3.05) is 11.9 Å². The minimum atomic E-state index is -3.97. The normalized spacial score (nSPS) is 13.7. The number of rotatable bonds is 5. The van der Waals surface area contributed by atoms with Crippen LogP contribution in [0.2, 0.25) is 0 Å². The molecule has 1 aliphatic heterocycles. The number of nitrogens with zero attached hydrogens (tertiary/aromatic N) is 1. The number of esters is 1. The third-order valence-electron chi connectivity index (χ3n) is 5.29. The van der Waals surface area contributed by atoms with Gasteiger partial charge in [0.2, 0.25) is 9.84 Å². The molecule has 0 bridgehead atoms. The Morgan fingerprint density at radius 1 is 1.00 bits per heavy atom. The fourth-order valence-corrected chi connectivity index (χ4v) is 5.28. The molecular weight excluding hydrogens is 468 g/mol. The van der Waals surface area contributed by atoms with Crippen LogP contribution >= 0.6 is 0 Å². The lowest BCUT2D eigenvalue weighted by Gasteiger charge is -2.19. The summed E-state index contributed by atoms with van der Waals surface area (Å²) in [5, 5.41) is 11.8. The predicted octanol–water partition coefficient (Wildman–Crippen LogP) is 3.79. The third kappa shape index (κ3) is 4.47. The van der Waals surface area contributed by atoms with Gasteiger partial charge in [-0.3, -0.25) is 9.59 Å². The van der Waals surface area contributed by atoms with Crippen LogP contribution in [0.5, 0.6) is 0 Å². The number of hydrogen-bond acceptors (Lipinski definition) is 7. The van der Waals surface area contributed by atoms with E-state index in [-0.39, 0.29) is 38.7 Å². The maximum Gasteiger partial charge on any atom is 0.348 e. The van der Waals surface area contributed by atoms with Gasteiger partial charge in [0.15, 0.2) is 5.78 Å². The highest BCUT2D eigenvalue weighted by Crippen LogP contribution is 2.34. The van der Waals surface area contributed by atoms with Crippen molar-refractivity contribution in [3.8, 4) is 6.07 Å². The van der Waals surface area contributed by atoms with E-state index in [1.54, 1.807) is 43.3 Å². The van der Waals surface area contributed by atoms with Crippen LogP contribution in [-0.4, -0.2) is 32.7 Å². The summed E-state index contributed by atoms with van der Waals surface area (Å²) in [4.78, 5) is 37.0. The molecule has 3 aromatic carbocycles. The molecule has 1 amide bonds. The van der Waals surface area contributed by atoms with Gasteiger partial charge in [0.1, 0.15) is 11.6 Å². The Balaban J connectivity index is 1.57. The zero-order valence-corrected chi connectivity index (χ0v) is 19.3. The standard InChI is InChI=1S/C26H18N2O6S/c1-2-34-26(31)18(15-27)13-16-7-10-19(11-8-16)28-25(30)17-9-12-21-23(14-17)35(32,33)22-6-4-3-5-20(22)24(21)29/h3-14H,2H2,1H3,(H,28,30)/b18-13-. The van der Waals surface area contributed by atoms with Gasteiger partial charge in [-0.15, -0.1) is 0 Å². The first-order valence-corrected chi connectivity index (χ1v) is 12.0. The van der Waals surface area contributed by atoms with Gasteiger partial charge in [-0.2, -0.15) is 5.26 Å². The minimum Gasteiger partial charge on any atom is -0.462 e. The molecule has 9 heteroatoms. The third-order valence-corrected chi connectivity index (χ3v) is 7.15. The summed E-state index contributed by atoms with van der Waals surface area (Å²) in [6.07, 6.45) is 1.37. The number of sulfone groups is 1. The number of amides is 1. The van der Waals surface area contributed by atoms with Gasteiger partial charge in [0, 0.05) is 22.4 Å². The molecule has 0 unspecified atom stereocenters. The average Bonchev–Trinajstić information content (AvgIpc) is 2.87. The fourth-order valence-electron chi connectivity index (χ4n) is 3.60. The first-order chi connectivity index (χ1) is 16.8. The van der Waals surface area contributed by atoms with Crippen molar-refractivity contribution >= 4 is 39.3 Å². The molecule has 0 radical (unpaired) electrons. The molecular formula is C26H18N2O6S. The Kier molecular flexibility index (Phi) is 6.32. The molecule has 0 aliphatic carbocycles. The van der Waals surface area contributed by atoms with Crippen molar-refractivity contribution in [2.45, 2.75) is 16.7 Å². The van der Waals surface area contributed by atoms with Crippen molar-refractivity contribution < 1.29 is 27.5 Å². The van der Waals surface area contributed by atoms with Crippen molar-refractivity contribution in [2.24, 2.45) is 0 Å². The van der Waals surface area contributed by atoms with Crippen molar-refractivity contribution in [1.29, 1.82) is 5.26 Å². The van der Waals surface area contributed by atoms with Gasteiger partial charge in [-0.1, -0.05) is 24.3 Å². The molecule has 0 aromatic heterocycles. The van der Waals surface area contributed by atoms with E-state index >= 15 is 0 Å². The number of anilines is 1. The molecule has 0 spiro atoms. The smallest absolute Gasteiger partial charge is 0.348 e. The fraction of sp³-hybridized carbons (Fsp3) is 0.0769. The number of carbonyl (C=O) groups excluding carboxylic acids is 3. The highest BCUT2D eigenvalue weighted by molar-refractivity contribution is 7.91. The van der Waals surface area contributed by atoms with E-state index in [0.717, 1.165) is 0 Å². The lowest BCUT2D eigenvalue weighted by Crippen LogP contribution is -2.21. The Hall–Kier alpha value is -4.55. The average molecular weight is 487 g/mol. The number of ketones is 1. The van der Waals surface area contributed by atoms with Gasteiger partial charge in [-0.05, 0) is 61.0 Å². The van der Waals surface area contributed by atoms with Crippen molar-refractivity contribution in [3.63, 3.8) is 0 Å². The van der Waals surface area contributed by atoms with E-state index < -0.39 is 27.5 Å². The number of carbonyl (C=O) groups is 3. The molecule has 1 aliphatic rings. The van der Waals surface area contributed by atoms with E-state index in [9.17, 15) is 22.8 Å². The summed E-state index contributed by atoms with van der Waals surface area (Å²) in [5.74, 6) is -1.71. The number of nitrogens with one attached hydrogen (secondary N) is 1. The second kappa shape index (κ2) is 9.37. The zero-order valence-electron chi connectivity index (χ0n) is 18.4. The van der Waals surface area contributed by atoms with Gasteiger partial charge in [0.05, 0.1) is 16.4 Å². The minimum absolute atomic E-state index is 0.0197. The molecule has 1 heterocycles. The predicted molar refractivity (Wildman–Crippen MR) is 126 cm³/mol. The highest BCUT2D eigenvalue weighted by atomic mass is 32.2. The van der Waals surface area contributed by atoms with Crippen LogP contribution in [0.25, 0.3) is 6.08 Å². The van der Waals surface area contributed by atoms with Crippen molar-refractivity contribution in [1.82, 2.24) is 0 Å². The van der Waals surface area contributed by atoms with Crippen LogP contribution in [0.1, 0.15) is 38.8 Å². The topological polar surface area (TPSA) is 130 Å². The lowest BCUT2D eigenvalue weighted by atomic mass is 10.0. The van der Waals surface area contributed by atoms with Gasteiger partial charge >= 0.3 is 5.97 Å². The second-order valence-corrected chi connectivity index (χ2v) is 9.39. The van der Waals surface area contributed by atoms with Crippen molar-refractivity contribution in [3.05, 3.63) is 94.6 Å². The Morgan fingerprint density at radius 3 is 2.37 bits per heavy atom. The number of benzene rings is 3. The number of hydrogen-bond donors (Lipinski definition) is 1. The molecule has 0 saturated carbocycles. The van der Waals surface area contributed by atoms with Gasteiger partial charge < -0.3 is 10.1 Å². The van der Waals surface area contributed by atoms with Gasteiger partial charge in [0.25, 0.3) is 5.91 Å². The van der Waals surface area contributed by atoms with E-state index in [4.69, 9.17) is 10.00 Å². The summed E-state index contributed by atoms with van der Waals surface area (Å²) in [6, 6.07) is 18.0. The summed E-state index contributed by atoms with van der Waals surface area (Å²) >= 11 is 0. The second-order valence-electron chi connectivity index (χ2n) is 7.51. The monoisotopic (exact) mass is 486 g/mol. The number of nitriles is 1. The molecule has 4 rings (SSSR count). The summed E-state index contributed by atoms with van der Waals surface area (Å²) in [7, 11) is -3.97. The maximum absolute atomic E-state index is 13.1. The first kappa shape index (κ1) is 23.6. The number of ether oxygens (including phenoxy) is 1. The summed E-state index contributed by atoms with van der Waals surface area (Å²) < 4.78 is 31.0.